The van der Waals surface area contributed by atoms with Gasteiger partial charge >= 0.3 is 11.9 Å². The molecule has 4 saturated carbocycles. The molecular weight excluding hydrogens is 677 g/mol. The Hall–Kier alpha value is -1.44. The Balaban J connectivity index is 0.838. The molecule has 0 N–H and O–H groups in total. The van der Waals surface area contributed by atoms with Gasteiger partial charge in [0.1, 0.15) is 11.7 Å². The normalized spacial score (nSPS) is 48.0. The summed E-state index contributed by atoms with van der Waals surface area (Å²) in [5, 5.41) is 0. The van der Waals surface area contributed by atoms with Crippen LogP contribution in [0.4, 0.5) is 0 Å². The summed E-state index contributed by atoms with van der Waals surface area (Å²) >= 11 is 0. The molecule has 7 heteroatoms. The highest BCUT2D eigenvalue weighted by molar-refractivity contribution is 5.77. The standard InChI is InChI=1S/C47H74O7/c1-29(2)10-8-9-11-34-15-19-40-37-17-13-32-26-33(36(37)22-25-45(34,40)6)14-16-35(27-32)51-41(48)20-21-42(49)52-43-31(4)39-18-12-30(3)38-23-24-44(5)28-50-47(38,39)46(7,53-43)54-44/h13,29-31,33-40,43H,8-12,14-28H2,1-7H3/t30-,31-,33-,34+,35+,36-,37-,38+,39+,40+,43-,44-,45-,46-,47-/m1/s1. The molecular formula is C47H74O7. The van der Waals surface area contributed by atoms with Crippen LogP contribution in [0.25, 0.3) is 0 Å². The Morgan fingerprint density at radius 1 is 0.833 bits per heavy atom. The molecule has 0 aromatic rings. The van der Waals surface area contributed by atoms with Gasteiger partial charge in [-0.15, -0.1) is 0 Å². The third-order valence-electron chi connectivity index (χ3n) is 17.4. The molecule has 4 bridgehead atoms. The maximum Gasteiger partial charge on any atom is 0.308 e. The summed E-state index contributed by atoms with van der Waals surface area (Å²) in [7, 11) is 0. The predicted molar refractivity (Wildman–Crippen MR) is 209 cm³/mol. The van der Waals surface area contributed by atoms with Crippen LogP contribution in [0, 0.1) is 64.6 Å². The zero-order valence-electron chi connectivity index (χ0n) is 35.0. The number of rotatable bonds is 10. The number of allylic oxidation sites excluding steroid dienone is 1. The first-order valence-corrected chi connectivity index (χ1v) is 22.8. The van der Waals surface area contributed by atoms with E-state index in [2.05, 4.69) is 47.6 Å². The first-order valence-electron chi connectivity index (χ1n) is 22.8. The molecule has 15 atom stereocenters. The summed E-state index contributed by atoms with van der Waals surface area (Å²) in [4.78, 5) is 26.6. The molecule has 0 aromatic heterocycles. The number of esters is 2. The van der Waals surface area contributed by atoms with Crippen molar-refractivity contribution in [2.45, 2.75) is 200 Å². The van der Waals surface area contributed by atoms with E-state index in [1.807, 2.05) is 6.92 Å². The van der Waals surface area contributed by atoms with Gasteiger partial charge in [0, 0.05) is 18.3 Å². The van der Waals surface area contributed by atoms with Crippen molar-refractivity contribution in [2.24, 2.45) is 64.6 Å². The van der Waals surface area contributed by atoms with E-state index in [-0.39, 0.29) is 36.8 Å². The highest BCUT2D eigenvalue weighted by Crippen LogP contribution is 2.65. The van der Waals surface area contributed by atoms with Crippen molar-refractivity contribution >= 4 is 11.9 Å². The summed E-state index contributed by atoms with van der Waals surface area (Å²) in [6.45, 7) is 16.6. The van der Waals surface area contributed by atoms with Crippen molar-refractivity contribution in [2.75, 3.05) is 6.61 Å². The molecule has 1 spiro atoms. The highest BCUT2D eigenvalue weighted by atomic mass is 16.8. The minimum atomic E-state index is -0.994. The number of ether oxygens (including phenoxy) is 5. The van der Waals surface area contributed by atoms with Crippen LogP contribution in [-0.2, 0) is 33.3 Å². The van der Waals surface area contributed by atoms with Crippen molar-refractivity contribution in [3.8, 4) is 0 Å². The summed E-state index contributed by atoms with van der Waals surface area (Å²) < 4.78 is 32.6. The summed E-state index contributed by atoms with van der Waals surface area (Å²) in [6, 6.07) is 0. The first-order chi connectivity index (χ1) is 25.7. The van der Waals surface area contributed by atoms with Gasteiger partial charge in [0.15, 0.2) is 5.79 Å². The lowest BCUT2D eigenvalue weighted by Gasteiger charge is -2.65. The second-order valence-electron chi connectivity index (χ2n) is 21.1. The van der Waals surface area contributed by atoms with Crippen molar-refractivity contribution in [3.05, 3.63) is 11.6 Å². The molecule has 9 aliphatic rings. The van der Waals surface area contributed by atoms with E-state index in [0.29, 0.717) is 29.8 Å². The molecule has 8 fully saturated rings. The van der Waals surface area contributed by atoms with Crippen LogP contribution >= 0.6 is 0 Å². The van der Waals surface area contributed by atoms with Crippen LogP contribution in [0.2, 0.25) is 0 Å². The second-order valence-corrected chi connectivity index (χ2v) is 21.1. The lowest BCUT2D eigenvalue weighted by atomic mass is 9.55. The van der Waals surface area contributed by atoms with Crippen molar-refractivity contribution < 1.29 is 33.3 Å². The van der Waals surface area contributed by atoms with Gasteiger partial charge in [-0.05, 0) is 150 Å². The molecule has 5 aliphatic carbocycles. The monoisotopic (exact) mass is 751 g/mol. The Morgan fingerprint density at radius 2 is 1.61 bits per heavy atom. The average Bonchev–Trinajstić information content (AvgIpc) is 3.30. The fourth-order valence-electron chi connectivity index (χ4n) is 14.6. The van der Waals surface area contributed by atoms with Crippen LogP contribution in [0.15, 0.2) is 11.6 Å². The van der Waals surface area contributed by atoms with E-state index in [1.165, 1.54) is 69.8 Å². The topological polar surface area (TPSA) is 80.3 Å². The second kappa shape index (κ2) is 15.1. The van der Waals surface area contributed by atoms with Crippen molar-refractivity contribution in [1.29, 1.82) is 0 Å². The van der Waals surface area contributed by atoms with Crippen molar-refractivity contribution in [3.63, 3.8) is 0 Å². The van der Waals surface area contributed by atoms with Gasteiger partial charge in [-0.25, -0.2) is 0 Å². The van der Waals surface area contributed by atoms with Crippen LogP contribution in [-0.4, -0.2) is 47.9 Å². The highest BCUT2D eigenvalue weighted by Gasteiger charge is 2.73. The Kier molecular flexibility index (Phi) is 11.0. The van der Waals surface area contributed by atoms with E-state index in [0.717, 1.165) is 74.5 Å². The summed E-state index contributed by atoms with van der Waals surface area (Å²) in [5.41, 5.74) is 1.08. The third-order valence-corrected chi connectivity index (χ3v) is 17.4. The fraction of sp³-hybridized carbons (Fsp3) is 0.915. The maximum atomic E-state index is 13.3. The average molecular weight is 751 g/mol. The van der Waals surface area contributed by atoms with Crippen LogP contribution in [0.1, 0.15) is 170 Å². The lowest BCUT2D eigenvalue weighted by Crippen LogP contribution is -2.76. The molecule has 4 saturated heterocycles. The quantitative estimate of drug-likeness (QED) is 0.125. The molecule has 304 valence electrons. The number of hydrogen-bond donors (Lipinski definition) is 0. The number of fused-ring (bicyclic) bond motifs is 8. The zero-order chi connectivity index (χ0) is 38.0. The smallest absolute Gasteiger partial charge is 0.308 e. The largest absolute Gasteiger partial charge is 0.462 e. The number of hydrogen-bond acceptors (Lipinski definition) is 7. The van der Waals surface area contributed by atoms with Crippen LogP contribution < -0.4 is 0 Å². The van der Waals surface area contributed by atoms with E-state index in [1.54, 1.807) is 0 Å². The zero-order valence-corrected chi connectivity index (χ0v) is 35.0. The van der Waals surface area contributed by atoms with Gasteiger partial charge in [0.25, 0.3) is 0 Å². The number of carbonyl (C=O) groups is 2. The third kappa shape index (κ3) is 6.96. The van der Waals surface area contributed by atoms with E-state index < -0.39 is 29.2 Å². The molecule has 0 radical (unpaired) electrons. The Bertz CT molecular complexity index is 1420. The molecule has 0 aromatic carbocycles. The summed E-state index contributed by atoms with van der Waals surface area (Å²) in [5.74, 6) is 4.25. The van der Waals surface area contributed by atoms with Crippen molar-refractivity contribution in [1.82, 2.24) is 0 Å². The lowest BCUT2D eigenvalue weighted by molar-refractivity contribution is -0.472. The molecule has 0 unspecified atom stereocenters. The molecule has 9 rings (SSSR count). The minimum absolute atomic E-state index is 0.00661. The Morgan fingerprint density at radius 3 is 2.41 bits per heavy atom. The molecule has 0 amide bonds. The van der Waals surface area contributed by atoms with Gasteiger partial charge in [0.2, 0.25) is 6.29 Å². The van der Waals surface area contributed by atoms with Crippen LogP contribution in [0.3, 0.4) is 0 Å². The van der Waals surface area contributed by atoms with Gasteiger partial charge in [-0.2, -0.15) is 0 Å². The molecule has 4 heterocycles. The number of unbranched alkanes of at least 4 members (excludes halogenated alkanes) is 1. The van der Waals surface area contributed by atoms with Gasteiger partial charge in [-0.3, -0.25) is 9.59 Å². The van der Waals surface area contributed by atoms with E-state index >= 15 is 0 Å². The van der Waals surface area contributed by atoms with E-state index in [4.69, 9.17) is 23.7 Å². The molecule has 54 heavy (non-hydrogen) atoms. The number of carbonyl (C=O) groups excluding carboxylic acids is 2. The fourth-order valence-corrected chi connectivity index (χ4v) is 14.6. The summed E-state index contributed by atoms with van der Waals surface area (Å²) in [6.07, 6.45) is 22.5. The predicted octanol–water partition coefficient (Wildman–Crippen LogP) is 10.7. The first kappa shape index (κ1) is 39.4. The van der Waals surface area contributed by atoms with E-state index in [9.17, 15) is 9.59 Å². The van der Waals surface area contributed by atoms with Crippen LogP contribution in [0.5, 0.6) is 0 Å². The van der Waals surface area contributed by atoms with Gasteiger partial charge in [-0.1, -0.05) is 65.5 Å². The molecule has 7 nitrogen and oxygen atoms in total. The Labute approximate surface area is 327 Å². The molecule has 4 aliphatic heterocycles. The minimum Gasteiger partial charge on any atom is -0.462 e. The van der Waals surface area contributed by atoms with Gasteiger partial charge < -0.3 is 23.7 Å². The van der Waals surface area contributed by atoms with Gasteiger partial charge in [0.05, 0.1) is 25.0 Å². The SMILES string of the molecule is CC(C)CCCC[C@H]1CC[C@H]2[C@@H]3CC=C4C[C@@H](OC(=O)CCC(=O)O[C@@H]5O[C@]6(C)O[C@]7(C)CC[C@H]8[C@H](C)CC[C@@H]([C@H]5C)[C@]86OC7)CC[C@H](C4)[C@H]3CC[C@]12C. The maximum absolute atomic E-state index is 13.3.